The SMILES string of the molecule is CCCC(C)NC(=O)C1N(CCCCCO)C(=O)[C@@H]2[C@H](C(=O)OCC)[C@@]3(C)OC12CC3C. The van der Waals surface area contributed by atoms with Gasteiger partial charge in [0.05, 0.1) is 18.1 Å². The van der Waals surface area contributed by atoms with Gasteiger partial charge < -0.3 is 24.8 Å². The van der Waals surface area contributed by atoms with E-state index in [0.29, 0.717) is 25.8 Å². The Bertz CT molecular complexity index is 729. The molecule has 8 heteroatoms. The maximum absolute atomic E-state index is 13.7. The first kappa shape index (κ1) is 25.0. The highest BCUT2D eigenvalue weighted by molar-refractivity contribution is 5.98. The first-order chi connectivity index (χ1) is 15.2. The zero-order valence-electron chi connectivity index (χ0n) is 20.2. The van der Waals surface area contributed by atoms with Gasteiger partial charge in [-0.1, -0.05) is 20.3 Å². The van der Waals surface area contributed by atoms with Gasteiger partial charge in [0.25, 0.3) is 0 Å². The van der Waals surface area contributed by atoms with Gasteiger partial charge >= 0.3 is 5.97 Å². The van der Waals surface area contributed by atoms with E-state index >= 15 is 0 Å². The van der Waals surface area contributed by atoms with Crippen molar-refractivity contribution >= 4 is 17.8 Å². The Balaban J connectivity index is 1.97. The van der Waals surface area contributed by atoms with Crippen molar-refractivity contribution in [3.8, 4) is 0 Å². The van der Waals surface area contributed by atoms with E-state index in [1.54, 1.807) is 11.8 Å². The Hall–Kier alpha value is -1.67. The Morgan fingerprint density at radius 1 is 1.31 bits per heavy atom. The van der Waals surface area contributed by atoms with Crippen molar-refractivity contribution < 1.29 is 29.0 Å². The smallest absolute Gasteiger partial charge is 0.312 e. The van der Waals surface area contributed by atoms with Gasteiger partial charge in [0, 0.05) is 19.2 Å². The first-order valence-corrected chi connectivity index (χ1v) is 12.3. The summed E-state index contributed by atoms with van der Waals surface area (Å²) in [5.74, 6) is -2.22. The van der Waals surface area contributed by atoms with E-state index in [1.807, 2.05) is 20.8 Å². The summed E-state index contributed by atoms with van der Waals surface area (Å²) in [5.41, 5.74) is -1.85. The fraction of sp³-hybridized carbons (Fsp3) is 0.875. The van der Waals surface area contributed by atoms with E-state index in [4.69, 9.17) is 14.6 Å². The molecule has 0 aromatic heterocycles. The highest BCUT2D eigenvalue weighted by Crippen LogP contribution is 2.65. The number of likely N-dealkylation sites (tertiary alicyclic amines) is 1. The van der Waals surface area contributed by atoms with Crippen LogP contribution in [0.25, 0.3) is 0 Å². The van der Waals surface area contributed by atoms with Crippen LogP contribution in [0.4, 0.5) is 0 Å². The van der Waals surface area contributed by atoms with Gasteiger partial charge in [0.15, 0.2) is 0 Å². The molecule has 1 spiro atoms. The van der Waals surface area contributed by atoms with Crippen LogP contribution >= 0.6 is 0 Å². The van der Waals surface area contributed by atoms with E-state index in [0.717, 1.165) is 19.3 Å². The Morgan fingerprint density at radius 3 is 2.66 bits per heavy atom. The minimum atomic E-state index is -1.02. The molecular formula is C24H40N2O6. The highest BCUT2D eigenvalue weighted by Gasteiger charge is 2.80. The standard InChI is InChI=1S/C24H40N2O6/c1-6-11-16(4)25-20(28)19-24-14-15(3)23(5,32-24)18(22(30)31-7-2)17(24)21(29)26(19)12-9-8-10-13-27/h15-19,27H,6-14H2,1-5H3,(H,25,28)/t15?,16?,17-,18+,19?,23-,24?/m0/s1. The molecule has 32 heavy (non-hydrogen) atoms. The third-order valence-corrected chi connectivity index (χ3v) is 7.77. The number of nitrogens with one attached hydrogen (secondary N) is 1. The third-order valence-electron chi connectivity index (χ3n) is 7.77. The number of aliphatic hydroxyl groups excluding tert-OH is 1. The van der Waals surface area contributed by atoms with Crippen LogP contribution in [0, 0.1) is 17.8 Å². The molecule has 2 amide bonds. The van der Waals surface area contributed by atoms with E-state index in [1.165, 1.54) is 0 Å². The average Bonchev–Trinajstić information content (AvgIpc) is 3.23. The number of carbonyl (C=O) groups excluding carboxylic acids is 3. The summed E-state index contributed by atoms with van der Waals surface area (Å²) in [6.45, 7) is 10.4. The topological polar surface area (TPSA) is 105 Å². The number of carbonyl (C=O) groups is 3. The molecule has 0 aromatic rings. The van der Waals surface area contributed by atoms with Crippen LogP contribution in [-0.4, -0.2) is 70.8 Å². The van der Waals surface area contributed by atoms with Crippen LogP contribution in [0.3, 0.4) is 0 Å². The molecule has 8 nitrogen and oxygen atoms in total. The quantitative estimate of drug-likeness (QED) is 0.367. The number of rotatable bonds is 11. The molecule has 2 bridgehead atoms. The second kappa shape index (κ2) is 9.67. The van der Waals surface area contributed by atoms with Crippen molar-refractivity contribution in [3.63, 3.8) is 0 Å². The molecular weight excluding hydrogens is 412 g/mol. The molecule has 0 aromatic carbocycles. The van der Waals surface area contributed by atoms with Crippen LogP contribution in [0.15, 0.2) is 0 Å². The zero-order chi connectivity index (χ0) is 23.7. The van der Waals surface area contributed by atoms with Crippen molar-refractivity contribution in [1.82, 2.24) is 10.2 Å². The molecule has 7 atom stereocenters. The van der Waals surface area contributed by atoms with Gasteiger partial charge in [0.1, 0.15) is 17.6 Å². The summed E-state index contributed by atoms with van der Waals surface area (Å²) in [7, 11) is 0. The average molecular weight is 453 g/mol. The van der Waals surface area contributed by atoms with Gasteiger partial charge in [-0.25, -0.2) is 0 Å². The normalized spacial score (nSPS) is 36.3. The Morgan fingerprint density at radius 2 is 2.03 bits per heavy atom. The predicted molar refractivity (Wildman–Crippen MR) is 119 cm³/mol. The minimum absolute atomic E-state index is 0.0123. The first-order valence-electron chi connectivity index (χ1n) is 12.3. The summed E-state index contributed by atoms with van der Waals surface area (Å²) in [5, 5.41) is 12.2. The van der Waals surface area contributed by atoms with Crippen LogP contribution in [0.2, 0.25) is 0 Å². The maximum Gasteiger partial charge on any atom is 0.312 e. The highest BCUT2D eigenvalue weighted by atomic mass is 16.6. The van der Waals surface area contributed by atoms with E-state index in [9.17, 15) is 14.4 Å². The number of ether oxygens (including phenoxy) is 2. The Labute approximate surface area is 191 Å². The number of hydrogen-bond acceptors (Lipinski definition) is 6. The molecule has 3 aliphatic rings. The van der Waals surface area contributed by atoms with Gasteiger partial charge in [-0.2, -0.15) is 0 Å². The lowest BCUT2D eigenvalue weighted by atomic mass is 9.62. The second-order valence-corrected chi connectivity index (χ2v) is 9.97. The predicted octanol–water partition coefficient (Wildman–Crippen LogP) is 2.03. The Kier molecular flexibility index (Phi) is 7.55. The molecule has 3 rings (SSSR count). The van der Waals surface area contributed by atoms with E-state index in [-0.39, 0.29) is 37.0 Å². The van der Waals surface area contributed by atoms with Crippen molar-refractivity contribution in [2.75, 3.05) is 19.8 Å². The maximum atomic E-state index is 13.7. The molecule has 3 saturated heterocycles. The van der Waals surface area contributed by atoms with Crippen LogP contribution < -0.4 is 5.32 Å². The second-order valence-electron chi connectivity index (χ2n) is 9.97. The van der Waals surface area contributed by atoms with Crippen molar-refractivity contribution in [2.24, 2.45) is 17.8 Å². The molecule has 0 saturated carbocycles. The zero-order valence-corrected chi connectivity index (χ0v) is 20.2. The number of hydrogen-bond donors (Lipinski definition) is 2. The number of aliphatic hydroxyl groups is 1. The molecule has 3 fully saturated rings. The molecule has 3 heterocycles. The van der Waals surface area contributed by atoms with Gasteiger partial charge in [-0.3, -0.25) is 14.4 Å². The number of amides is 2. The van der Waals surface area contributed by atoms with Gasteiger partial charge in [-0.15, -0.1) is 0 Å². The number of fused-ring (bicyclic) bond motifs is 1. The molecule has 0 radical (unpaired) electrons. The summed E-state index contributed by atoms with van der Waals surface area (Å²) in [4.78, 5) is 42.0. The summed E-state index contributed by atoms with van der Waals surface area (Å²) >= 11 is 0. The number of unbranched alkanes of at least 4 members (excludes halogenated alkanes) is 2. The molecule has 4 unspecified atom stereocenters. The minimum Gasteiger partial charge on any atom is -0.466 e. The van der Waals surface area contributed by atoms with E-state index in [2.05, 4.69) is 12.2 Å². The van der Waals surface area contributed by atoms with Crippen LogP contribution in [0.5, 0.6) is 0 Å². The molecule has 0 aliphatic carbocycles. The van der Waals surface area contributed by atoms with Gasteiger partial charge in [-0.05, 0) is 58.8 Å². The number of nitrogens with zero attached hydrogens (tertiary/aromatic N) is 1. The summed E-state index contributed by atoms with van der Waals surface area (Å²) in [6, 6.07) is -0.779. The summed E-state index contributed by atoms with van der Waals surface area (Å²) in [6.07, 6.45) is 4.44. The third kappa shape index (κ3) is 3.94. The lowest BCUT2D eigenvalue weighted by Crippen LogP contribution is -2.56. The molecule has 182 valence electrons. The van der Waals surface area contributed by atoms with E-state index < -0.39 is 35.0 Å². The number of esters is 1. The lowest BCUT2D eigenvalue weighted by molar-refractivity contribution is -0.161. The summed E-state index contributed by atoms with van der Waals surface area (Å²) < 4.78 is 12.0. The van der Waals surface area contributed by atoms with Crippen molar-refractivity contribution in [3.05, 3.63) is 0 Å². The van der Waals surface area contributed by atoms with Crippen LogP contribution in [0.1, 0.15) is 73.1 Å². The van der Waals surface area contributed by atoms with Crippen molar-refractivity contribution in [1.29, 1.82) is 0 Å². The van der Waals surface area contributed by atoms with Crippen molar-refractivity contribution in [2.45, 2.75) is 96.4 Å². The van der Waals surface area contributed by atoms with Crippen LogP contribution in [-0.2, 0) is 23.9 Å². The van der Waals surface area contributed by atoms with Gasteiger partial charge in [0.2, 0.25) is 11.8 Å². The largest absolute Gasteiger partial charge is 0.466 e. The molecule has 2 N–H and O–H groups in total. The molecule has 3 aliphatic heterocycles. The fourth-order valence-electron chi connectivity index (χ4n) is 6.27. The monoisotopic (exact) mass is 452 g/mol. The fourth-order valence-corrected chi connectivity index (χ4v) is 6.27. The lowest BCUT2D eigenvalue weighted by Gasteiger charge is -2.36.